The van der Waals surface area contributed by atoms with Crippen molar-refractivity contribution in [2.24, 2.45) is 0 Å². The average molecular weight is 454 g/mol. The first-order chi connectivity index (χ1) is 16.7. The predicted octanol–water partition coefficient (Wildman–Crippen LogP) is 5.36. The molecule has 7 nitrogen and oxygen atoms in total. The molecule has 0 spiro atoms. The normalized spacial score (nSPS) is 14.9. The van der Waals surface area contributed by atoms with Gasteiger partial charge < -0.3 is 4.74 Å². The van der Waals surface area contributed by atoms with Crippen molar-refractivity contribution in [2.75, 3.05) is 7.11 Å². The van der Waals surface area contributed by atoms with Gasteiger partial charge in [0.05, 0.1) is 18.1 Å². The van der Waals surface area contributed by atoms with Crippen LogP contribution >= 0.6 is 0 Å². The maximum Gasteiger partial charge on any atom is 0.265 e. The van der Waals surface area contributed by atoms with Crippen LogP contribution < -0.4 is 10.3 Å². The second-order valence-corrected chi connectivity index (χ2v) is 8.97. The largest absolute Gasteiger partial charge is 0.497 e. The second-order valence-electron chi connectivity index (χ2n) is 8.97. The van der Waals surface area contributed by atoms with E-state index >= 15 is 0 Å². The molecule has 2 aromatic carbocycles. The van der Waals surface area contributed by atoms with Crippen molar-refractivity contribution in [1.29, 1.82) is 0 Å². The summed E-state index contributed by atoms with van der Waals surface area (Å²) in [5.74, 6) is 1.59. The molecule has 5 aromatic rings. The quantitative estimate of drug-likeness (QED) is 0.366. The first kappa shape index (κ1) is 20.8. The van der Waals surface area contributed by atoms with Crippen LogP contribution in [0.4, 0.5) is 0 Å². The van der Waals surface area contributed by atoms with E-state index in [1.165, 1.54) is 6.42 Å². The molecule has 0 bridgehead atoms. The minimum Gasteiger partial charge on any atom is -0.497 e. The van der Waals surface area contributed by atoms with Gasteiger partial charge in [0.25, 0.3) is 5.56 Å². The molecule has 3 aromatic heterocycles. The van der Waals surface area contributed by atoms with Gasteiger partial charge in [0, 0.05) is 18.2 Å². The lowest BCUT2D eigenvalue weighted by Gasteiger charge is -2.26. The topological polar surface area (TPSA) is 74.8 Å². The van der Waals surface area contributed by atoms with Gasteiger partial charge in [0.15, 0.2) is 11.3 Å². The Labute approximate surface area is 197 Å². The number of fused-ring (bicyclic) bond motifs is 4. The standard InChI is InChI=1S/C27H27N5O2/c1-3-22-30-25-23(27(33)31(22)17-9-5-4-6-10-17)24-26(29-21-12-8-7-11-20(21)28-24)32(25)18-13-15-19(34-2)16-14-18/h7-8,11-17H,3-6,9-10H2,1-2H3. The summed E-state index contributed by atoms with van der Waals surface area (Å²) in [5.41, 5.74) is 4.29. The highest BCUT2D eigenvalue weighted by atomic mass is 16.5. The van der Waals surface area contributed by atoms with Crippen molar-refractivity contribution in [3.05, 3.63) is 64.7 Å². The summed E-state index contributed by atoms with van der Waals surface area (Å²) >= 11 is 0. The summed E-state index contributed by atoms with van der Waals surface area (Å²) in [6.07, 6.45) is 6.26. The number of methoxy groups -OCH3 is 1. The van der Waals surface area contributed by atoms with Gasteiger partial charge in [0.2, 0.25) is 0 Å². The summed E-state index contributed by atoms with van der Waals surface area (Å²) in [4.78, 5) is 29.1. The zero-order valence-corrected chi connectivity index (χ0v) is 19.5. The molecule has 1 aliphatic rings. The summed E-state index contributed by atoms with van der Waals surface area (Å²) in [6.45, 7) is 2.07. The van der Waals surface area contributed by atoms with Crippen LogP contribution in [0.25, 0.3) is 38.9 Å². The molecule has 0 saturated heterocycles. The van der Waals surface area contributed by atoms with Crippen molar-refractivity contribution < 1.29 is 4.74 Å². The fourth-order valence-corrected chi connectivity index (χ4v) is 5.29. The number of benzene rings is 2. The molecule has 172 valence electrons. The van der Waals surface area contributed by atoms with Crippen LogP contribution in [0.5, 0.6) is 5.75 Å². The Morgan fingerprint density at radius 3 is 2.29 bits per heavy atom. The van der Waals surface area contributed by atoms with Crippen LogP contribution in [0.3, 0.4) is 0 Å². The van der Waals surface area contributed by atoms with E-state index in [2.05, 4.69) is 6.92 Å². The molecule has 7 heteroatoms. The van der Waals surface area contributed by atoms with E-state index in [1.807, 2.05) is 57.7 Å². The second kappa shape index (κ2) is 8.24. The van der Waals surface area contributed by atoms with Gasteiger partial charge in [-0.15, -0.1) is 0 Å². The summed E-state index contributed by atoms with van der Waals surface area (Å²) in [7, 11) is 1.65. The van der Waals surface area contributed by atoms with Gasteiger partial charge in [-0.2, -0.15) is 0 Å². The third-order valence-corrected chi connectivity index (χ3v) is 6.97. The van der Waals surface area contributed by atoms with Gasteiger partial charge in [-0.05, 0) is 49.2 Å². The number of nitrogens with zero attached hydrogens (tertiary/aromatic N) is 5. The average Bonchev–Trinajstić information content (AvgIpc) is 3.20. The molecular weight excluding hydrogens is 426 g/mol. The van der Waals surface area contributed by atoms with Crippen LogP contribution in [0.1, 0.15) is 50.9 Å². The number of hydrogen-bond acceptors (Lipinski definition) is 5. The minimum atomic E-state index is -0.00408. The fourth-order valence-electron chi connectivity index (χ4n) is 5.29. The fraction of sp³-hybridized carbons (Fsp3) is 0.333. The van der Waals surface area contributed by atoms with Crippen molar-refractivity contribution in [3.8, 4) is 11.4 Å². The Bertz CT molecular complexity index is 1580. The van der Waals surface area contributed by atoms with E-state index in [1.54, 1.807) is 7.11 Å². The van der Waals surface area contributed by atoms with Gasteiger partial charge in [-0.3, -0.25) is 13.9 Å². The zero-order valence-electron chi connectivity index (χ0n) is 19.5. The number of aryl methyl sites for hydroxylation is 1. The molecule has 34 heavy (non-hydrogen) atoms. The molecule has 0 aliphatic heterocycles. The molecule has 0 unspecified atom stereocenters. The Morgan fingerprint density at radius 2 is 1.62 bits per heavy atom. The van der Waals surface area contributed by atoms with Crippen LogP contribution in [0.2, 0.25) is 0 Å². The number of hydrogen-bond donors (Lipinski definition) is 0. The molecule has 0 atom stereocenters. The van der Waals surface area contributed by atoms with E-state index < -0.39 is 0 Å². The smallest absolute Gasteiger partial charge is 0.265 e. The first-order valence-corrected chi connectivity index (χ1v) is 12.1. The Balaban J connectivity index is 1.74. The maximum absolute atomic E-state index is 14.1. The number of rotatable bonds is 4. The van der Waals surface area contributed by atoms with Gasteiger partial charge in [0.1, 0.15) is 22.5 Å². The third-order valence-electron chi connectivity index (χ3n) is 6.97. The van der Waals surface area contributed by atoms with Crippen molar-refractivity contribution in [2.45, 2.75) is 51.5 Å². The van der Waals surface area contributed by atoms with Crippen molar-refractivity contribution in [3.63, 3.8) is 0 Å². The lowest BCUT2D eigenvalue weighted by atomic mass is 9.95. The number of para-hydroxylation sites is 2. The van der Waals surface area contributed by atoms with E-state index in [0.717, 1.165) is 54.0 Å². The molecule has 3 heterocycles. The monoisotopic (exact) mass is 453 g/mol. The van der Waals surface area contributed by atoms with E-state index in [0.29, 0.717) is 28.6 Å². The molecule has 6 rings (SSSR count). The SMILES string of the molecule is CCc1nc2c(c(=O)n1C1CCCCC1)c1nc3ccccc3nc1n2-c1ccc(OC)cc1. The van der Waals surface area contributed by atoms with E-state index in [-0.39, 0.29) is 11.6 Å². The van der Waals surface area contributed by atoms with Gasteiger partial charge in [-0.1, -0.05) is 38.3 Å². The van der Waals surface area contributed by atoms with E-state index in [4.69, 9.17) is 19.7 Å². The molecule has 1 saturated carbocycles. The maximum atomic E-state index is 14.1. The lowest BCUT2D eigenvalue weighted by Crippen LogP contribution is -2.30. The highest BCUT2D eigenvalue weighted by Gasteiger charge is 2.26. The molecule has 1 fully saturated rings. The molecule has 0 amide bonds. The molecule has 0 radical (unpaired) electrons. The highest BCUT2D eigenvalue weighted by molar-refractivity contribution is 6.05. The van der Waals surface area contributed by atoms with Gasteiger partial charge >= 0.3 is 0 Å². The number of ether oxygens (including phenoxy) is 1. The van der Waals surface area contributed by atoms with Crippen LogP contribution in [0, 0.1) is 0 Å². The lowest BCUT2D eigenvalue weighted by molar-refractivity contribution is 0.337. The molecular formula is C27H27N5O2. The van der Waals surface area contributed by atoms with Gasteiger partial charge in [-0.25, -0.2) is 15.0 Å². The Kier molecular flexibility index (Phi) is 5.05. The molecule has 1 aliphatic carbocycles. The first-order valence-electron chi connectivity index (χ1n) is 12.1. The van der Waals surface area contributed by atoms with E-state index in [9.17, 15) is 4.79 Å². The van der Waals surface area contributed by atoms with Crippen molar-refractivity contribution >= 4 is 33.2 Å². The zero-order chi connectivity index (χ0) is 23.2. The minimum absolute atomic E-state index is 0.00408. The summed E-state index contributed by atoms with van der Waals surface area (Å²) in [6, 6.07) is 15.7. The summed E-state index contributed by atoms with van der Waals surface area (Å²) < 4.78 is 9.27. The predicted molar refractivity (Wildman–Crippen MR) is 134 cm³/mol. The van der Waals surface area contributed by atoms with Crippen LogP contribution in [-0.4, -0.2) is 31.2 Å². The molecule has 0 N–H and O–H groups in total. The summed E-state index contributed by atoms with van der Waals surface area (Å²) in [5, 5.41) is 0.548. The number of aromatic nitrogens is 5. The van der Waals surface area contributed by atoms with Crippen molar-refractivity contribution in [1.82, 2.24) is 24.1 Å². The Morgan fingerprint density at radius 1 is 0.912 bits per heavy atom. The van der Waals surface area contributed by atoms with Crippen LogP contribution in [0.15, 0.2) is 53.3 Å². The highest BCUT2D eigenvalue weighted by Crippen LogP contribution is 2.32. The Hall–Kier alpha value is -3.74. The third kappa shape index (κ3) is 3.18. The van der Waals surface area contributed by atoms with Crippen LogP contribution in [-0.2, 0) is 6.42 Å².